The molecule has 0 atom stereocenters. The van der Waals surface area contributed by atoms with Gasteiger partial charge in [0.15, 0.2) is 0 Å². The predicted octanol–water partition coefficient (Wildman–Crippen LogP) is 1.93. The lowest BCUT2D eigenvalue weighted by atomic mass is 10.2. The fourth-order valence-corrected chi connectivity index (χ4v) is 1.77. The van der Waals surface area contributed by atoms with Crippen LogP contribution in [0.2, 0.25) is 5.02 Å². The zero-order chi connectivity index (χ0) is 13.8. The second-order valence-electron chi connectivity index (χ2n) is 3.25. The number of carboxylic acid groups (broad SMARTS) is 1. The summed E-state index contributed by atoms with van der Waals surface area (Å²) in [7, 11) is 0. The van der Waals surface area contributed by atoms with Crippen LogP contribution in [0.1, 0.15) is 10.4 Å². The van der Waals surface area contributed by atoms with Crippen LogP contribution < -0.4 is 10.6 Å². The van der Waals surface area contributed by atoms with Crippen molar-refractivity contribution >= 4 is 46.0 Å². The maximum Gasteiger partial charge on any atom is 0.337 e. The maximum absolute atomic E-state index is 11.6. The highest BCUT2D eigenvalue weighted by Crippen LogP contribution is 2.20. The molecule has 2 aromatic rings. The number of nitrogens with one attached hydrogen (secondary N) is 2. The van der Waals surface area contributed by atoms with Crippen molar-refractivity contribution in [3.63, 3.8) is 0 Å². The van der Waals surface area contributed by atoms with Crippen LogP contribution in [0.3, 0.4) is 0 Å². The van der Waals surface area contributed by atoms with Crippen LogP contribution in [-0.4, -0.2) is 31.9 Å². The third kappa shape index (κ3) is 3.36. The molecule has 0 saturated carbocycles. The van der Waals surface area contributed by atoms with Crippen molar-refractivity contribution in [2.45, 2.75) is 0 Å². The van der Waals surface area contributed by atoms with Crippen molar-refractivity contribution in [3.8, 4) is 0 Å². The molecule has 0 saturated heterocycles. The Morgan fingerprint density at radius 3 is 2.74 bits per heavy atom. The summed E-state index contributed by atoms with van der Waals surface area (Å²) >= 11 is 6.62. The average Bonchev–Trinajstić information content (AvgIpc) is 2.84. The van der Waals surface area contributed by atoms with E-state index in [0.29, 0.717) is 0 Å². The molecule has 0 bridgehead atoms. The Balaban J connectivity index is 2.09. The molecule has 1 aromatic carbocycles. The van der Waals surface area contributed by atoms with Gasteiger partial charge in [0.25, 0.3) is 0 Å². The summed E-state index contributed by atoms with van der Waals surface area (Å²) in [4.78, 5) is 22.4. The average molecular weight is 300 g/mol. The molecular weight excluding hydrogens is 294 g/mol. The third-order valence-corrected chi connectivity index (χ3v) is 2.82. The molecule has 0 aliphatic heterocycles. The Morgan fingerprint density at radius 1 is 1.32 bits per heavy atom. The number of halogens is 1. The number of benzene rings is 1. The third-order valence-electron chi connectivity index (χ3n) is 1.97. The van der Waals surface area contributed by atoms with Crippen LogP contribution in [0.15, 0.2) is 18.2 Å². The van der Waals surface area contributed by atoms with Crippen molar-refractivity contribution in [1.82, 2.24) is 14.8 Å². The molecule has 8 nitrogen and oxygen atoms in total. The van der Waals surface area contributed by atoms with Gasteiger partial charge >= 0.3 is 12.0 Å². The number of carboxylic acids is 1. The van der Waals surface area contributed by atoms with Crippen LogP contribution >= 0.6 is 23.1 Å². The highest BCUT2D eigenvalue weighted by molar-refractivity contribution is 7.09. The molecule has 0 aliphatic rings. The molecule has 3 N–H and O–H groups in total. The largest absolute Gasteiger partial charge is 0.478 e. The van der Waals surface area contributed by atoms with Gasteiger partial charge in [0.05, 0.1) is 10.6 Å². The number of hydrogen-bond donors (Lipinski definition) is 3. The zero-order valence-electron chi connectivity index (χ0n) is 9.12. The first kappa shape index (κ1) is 13.2. The standard InChI is InChI=1S/C9H6ClN5O3S/c10-6-2-1-4(3-5(6)7(16)17)11-8(18)12-9-13-14-15-19-9/h1-3H,(H,16,17)(H2,11,12,13,15,18). The first-order valence-electron chi connectivity index (χ1n) is 4.82. The van der Waals surface area contributed by atoms with E-state index >= 15 is 0 Å². The molecule has 2 amide bonds. The molecule has 98 valence electrons. The van der Waals surface area contributed by atoms with Gasteiger partial charge in [-0.15, -0.1) is 0 Å². The van der Waals surface area contributed by atoms with Gasteiger partial charge in [-0.25, -0.2) is 9.59 Å². The van der Waals surface area contributed by atoms with Crippen LogP contribution in [0.25, 0.3) is 0 Å². The Bertz CT molecular complexity index is 618. The van der Waals surface area contributed by atoms with Crippen LogP contribution in [0.4, 0.5) is 15.6 Å². The fourth-order valence-electron chi connectivity index (χ4n) is 1.21. The van der Waals surface area contributed by atoms with E-state index in [0.717, 1.165) is 11.5 Å². The van der Waals surface area contributed by atoms with Gasteiger partial charge in [-0.2, -0.15) is 0 Å². The van der Waals surface area contributed by atoms with E-state index in [1.54, 1.807) is 0 Å². The Labute approximate surface area is 115 Å². The van der Waals surface area contributed by atoms with Crippen LogP contribution in [0, 0.1) is 0 Å². The topological polar surface area (TPSA) is 117 Å². The molecule has 10 heteroatoms. The smallest absolute Gasteiger partial charge is 0.337 e. The lowest BCUT2D eigenvalue weighted by Crippen LogP contribution is -2.19. The van der Waals surface area contributed by atoms with E-state index in [9.17, 15) is 9.59 Å². The second-order valence-corrected chi connectivity index (χ2v) is 4.39. The second kappa shape index (κ2) is 5.59. The minimum absolute atomic E-state index is 0.0896. The SMILES string of the molecule is O=C(Nc1ccc(Cl)c(C(=O)O)c1)Nc1nnns1. The summed E-state index contributed by atoms with van der Waals surface area (Å²) in [5.74, 6) is -1.18. The summed E-state index contributed by atoms with van der Waals surface area (Å²) in [6.07, 6.45) is 0. The maximum atomic E-state index is 11.6. The Morgan fingerprint density at radius 2 is 2.11 bits per heavy atom. The lowest BCUT2D eigenvalue weighted by Gasteiger charge is -2.06. The number of amides is 2. The van der Waals surface area contributed by atoms with Crippen molar-refractivity contribution in [2.24, 2.45) is 0 Å². The number of anilines is 2. The van der Waals surface area contributed by atoms with Gasteiger partial charge < -0.3 is 10.4 Å². The molecule has 0 spiro atoms. The monoisotopic (exact) mass is 299 g/mol. The molecule has 0 fully saturated rings. The first-order valence-corrected chi connectivity index (χ1v) is 5.97. The van der Waals surface area contributed by atoms with E-state index in [4.69, 9.17) is 16.7 Å². The Kier molecular flexibility index (Phi) is 3.88. The van der Waals surface area contributed by atoms with Gasteiger partial charge in [-0.3, -0.25) is 5.32 Å². The van der Waals surface area contributed by atoms with Crippen molar-refractivity contribution < 1.29 is 14.7 Å². The summed E-state index contributed by atoms with van der Waals surface area (Å²) in [6, 6.07) is 3.53. The number of aromatic carboxylic acids is 1. The van der Waals surface area contributed by atoms with E-state index < -0.39 is 12.0 Å². The normalized spacial score (nSPS) is 9.95. The van der Waals surface area contributed by atoms with E-state index in [-0.39, 0.29) is 21.4 Å². The molecule has 2 rings (SSSR count). The number of carbonyl (C=O) groups is 2. The molecule has 0 aliphatic carbocycles. The summed E-state index contributed by atoms with van der Waals surface area (Å²) in [5, 5.41) is 20.9. The van der Waals surface area contributed by atoms with Gasteiger partial charge in [0.2, 0.25) is 5.13 Å². The zero-order valence-corrected chi connectivity index (χ0v) is 10.7. The minimum Gasteiger partial charge on any atom is -0.478 e. The van der Waals surface area contributed by atoms with Crippen molar-refractivity contribution in [1.29, 1.82) is 0 Å². The van der Waals surface area contributed by atoms with Crippen molar-refractivity contribution in [2.75, 3.05) is 10.6 Å². The molecule has 1 aromatic heterocycles. The fraction of sp³-hybridized carbons (Fsp3) is 0. The number of rotatable bonds is 3. The summed E-state index contributed by atoms with van der Waals surface area (Å²) < 4.78 is 3.47. The first-order chi connectivity index (χ1) is 9.06. The van der Waals surface area contributed by atoms with Gasteiger partial charge in [0, 0.05) is 17.2 Å². The van der Waals surface area contributed by atoms with E-state index in [1.165, 1.54) is 18.2 Å². The summed E-state index contributed by atoms with van der Waals surface area (Å²) in [6.45, 7) is 0. The van der Waals surface area contributed by atoms with E-state index in [2.05, 4.69) is 25.4 Å². The lowest BCUT2D eigenvalue weighted by molar-refractivity contribution is 0.0697. The molecule has 19 heavy (non-hydrogen) atoms. The highest BCUT2D eigenvalue weighted by Gasteiger charge is 2.11. The predicted molar refractivity (Wildman–Crippen MR) is 68.8 cm³/mol. The number of hydrogen-bond acceptors (Lipinski definition) is 6. The van der Waals surface area contributed by atoms with Crippen LogP contribution in [0.5, 0.6) is 0 Å². The van der Waals surface area contributed by atoms with Gasteiger partial charge in [0.1, 0.15) is 0 Å². The quantitative estimate of drug-likeness (QED) is 0.797. The highest BCUT2D eigenvalue weighted by atomic mass is 35.5. The molecule has 0 radical (unpaired) electrons. The summed E-state index contributed by atoms with van der Waals surface area (Å²) in [5.41, 5.74) is 0.189. The minimum atomic E-state index is -1.18. The van der Waals surface area contributed by atoms with Gasteiger partial charge in [-0.1, -0.05) is 21.2 Å². The number of nitrogens with zero attached hydrogens (tertiary/aromatic N) is 3. The Hall–Kier alpha value is -2.26. The van der Waals surface area contributed by atoms with Crippen LogP contribution in [-0.2, 0) is 0 Å². The van der Waals surface area contributed by atoms with Crippen molar-refractivity contribution in [3.05, 3.63) is 28.8 Å². The molecular formula is C9H6ClN5O3S. The molecule has 0 unspecified atom stereocenters. The van der Waals surface area contributed by atoms with E-state index in [1.807, 2.05) is 0 Å². The molecule has 1 heterocycles. The number of aromatic nitrogens is 3. The number of urea groups is 1. The number of carbonyl (C=O) groups excluding carboxylic acids is 1. The van der Waals surface area contributed by atoms with Gasteiger partial charge in [-0.05, 0) is 23.4 Å².